The lowest BCUT2D eigenvalue weighted by Crippen LogP contribution is -2.19. The molecule has 0 bridgehead atoms. The van der Waals surface area contributed by atoms with E-state index < -0.39 is 0 Å². The lowest BCUT2D eigenvalue weighted by atomic mass is 10.0. The van der Waals surface area contributed by atoms with E-state index in [1.165, 1.54) is 22.5 Å². The first-order chi connectivity index (χ1) is 12.0. The van der Waals surface area contributed by atoms with Crippen LogP contribution in [0.5, 0.6) is 0 Å². The molecule has 0 spiro atoms. The van der Waals surface area contributed by atoms with Crippen molar-refractivity contribution in [3.63, 3.8) is 0 Å². The monoisotopic (exact) mass is 352 g/mol. The lowest BCUT2D eigenvalue weighted by molar-refractivity contribution is 0.262. The summed E-state index contributed by atoms with van der Waals surface area (Å²) in [5, 5.41) is 15.2. The van der Waals surface area contributed by atoms with Gasteiger partial charge in [0.25, 0.3) is 0 Å². The van der Waals surface area contributed by atoms with Crippen molar-refractivity contribution < 1.29 is 4.79 Å². The quantitative estimate of drug-likeness (QED) is 0.698. The van der Waals surface area contributed by atoms with E-state index in [1.807, 2.05) is 50.2 Å². The summed E-state index contributed by atoms with van der Waals surface area (Å²) >= 11 is 1.39. The van der Waals surface area contributed by atoms with Gasteiger partial charge in [0.2, 0.25) is 5.13 Å². The minimum atomic E-state index is -0.321. The Balaban J connectivity index is 1.64. The molecule has 3 rings (SSSR count). The Morgan fingerprint density at radius 1 is 1.00 bits per heavy atom. The third-order valence-corrected chi connectivity index (χ3v) is 5.12. The van der Waals surface area contributed by atoms with Crippen LogP contribution in [0.15, 0.2) is 48.5 Å². The van der Waals surface area contributed by atoms with Crippen LogP contribution in [-0.4, -0.2) is 16.2 Å². The molecule has 0 fully saturated rings. The molecule has 0 aliphatic rings. The number of nitrogens with one attached hydrogen (secondary N) is 2. The summed E-state index contributed by atoms with van der Waals surface area (Å²) in [6, 6.07) is 15.6. The van der Waals surface area contributed by atoms with Crippen LogP contribution in [-0.2, 0) is 0 Å². The van der Waals surface area contributed by atoms with E-state index in [0.717, 1.165) is 16.3 Å². The summed E-state index contributed by atoms with van der Waals surface area (Å²) in [4.78, 5) is 12.1. The van der Waals surface area contributed by atoms with E-state index in [-0.39, 0.29) is 11.9 Å². The molecule has 5 nitrogen and oxygen atoms in total. The van der Waals surface area contributed by atoms with Crippen LogP contribution < -0.4 is 10.6 Å². The second-order valence-electron chi connectivity index (χ2n) is 5.96. The fourth-order valence-electron chi connectivity index (χ4n) is 2.42. The van der Waals surface area contributed by atoms with Crippen LogP contribution in [0.25, 0.3) is 0 Å². The second kappa shape index (κ2) is 7.44. The Kier molecular flexibility index (Phi) is 5.09. The fraction of sp³-hybridized carbons (Fsp3) is 0.211. The number of amides is 2. The van der Waals surface area contributed by atoms with Gasteiger partial charge in [0.1, 0.15) is 5.01 Å². The minimum Gasteiger partial charge on any atom is -0.308 e. The fourth-order valence-corrected chi connectivity index (χ4v) is 3.24. The number of nitrogens with zero attached hydrogens (tertiary/aromatic N) is 2. The number of carbonyl (C=O) groups is 1. The van der Waals surface area contributed by atoms with Gasteiger partial charge in [0, 0.05) is 11.6 Å². The first-order valence-electron chi connectivity index (χ1n) is 8.06. The molecule has 1 atom stereocenters. The number of anilines is 2. The molecule has 3 aromatic rings. The number of urea groups is 1. The van der Waals surface area contributed by atoms with Crippen LogP contribution in [0.2, 0.25) is 0 Å². The Morgan fingerprint density at radius 2 is 1.76 bits per heavy atom. The third kappa shape index (κ3) is 4.22. The molecule has 2 amide bonds. The van der Waals surface area contributed by atoms with Gasteiger partial charge in [-0.3, -0.25) is 5.32 Å². The van der Waals surface area contributed by atoms with Gasteiger partial charge >= 0.3 is 6.03 Å². The van der Waals surface area contributed by atoms with Crippen molar-refractivity contribution in [2.45, 2.75) is 26.7 Å². The molecule has 0 saturated carbocycles. The molecule has 1 aromatic heterocycles. The number of rotatable bonds is 4. The molecule has 1 heterocycles. The summed E-state index contributed by atoms with van der Waals surface area (Å²) in [5.41, 5.74) is 4.25. The van der Waals surface area contributed by atoms with Crippen molar-refractivity contribution in [2.24, 2.45) is 0 Å². The standard InChI is InChI=1S/C19H20N4OS/c1-12-9-10-16(11-13(12)2)20-18(24)21-19-23-22-17(25-19)14(3)15-7-5-4-6-8-15/h4-11,14H,1-3H3,(H2,20,21,23,24)/t14-/m0/s1. The highest BCUT2D eigenvalue weighted by Crippen LogP contribution is 2.28. The van der Waals surface area contributed by atoms with Gasteiger partial charge in [0.05, 0.1) is 0 Å². The first kappa shape index (κ1) is 17.1. The van der Waals surface area contributed by atoms with Gasteiger partial charge < -0.3 is 5.32 Å². The molecule has 0 aliphatic heterocycles. The average molecular weight is 352 g/mol. The zero-order valence-electron chi connectivity index (χ0n) is 14.4. The van der Waals surface area contributed by atoms with E-state index in [9.17, 15) is 4.79 Å². The molecule has 0 saturated heterocycles. The Bertz CT molecular complexity index is 876. The van der Waals surface area contributed by atoms with Crippen molar-refractivity contribution in [1.29, 1.82) is 0 Å². The number of aryl methyl sites for hydroxylation is 2. The maximum Gasteiger partial charge on any atom is 0.325 e. The van der Waals surface area contributed by atoms with E-state index in [1.54, 1.807) is 0 Å². The van der Waals surface area contributed by atoms with E-state index >= 15 is 0 Å². The van der Waals surface area contributed by atoms with Crippen LogP contribution in [0.1, 0.15) is 34.5 Å². The SMILES string of the molecule is Cc1ccc(NC(=O)Nc2nnc([C@@H](C)c3ccccc3)s2)cc1C. The van der Waals surface area contributed by atoms with Gasteiger partial charge in [-0.1, -0.05) is 54.7 Å². The number of carbonyl (C=O) groups excluding carboxylic acids is 1. The van der Waals surface area contributed by atoms with Gasteiger partial charge in [-0.15, -0.1) is 10.2 Å². The van der Waals surface area contributed by atoms with Crippen LogP contribution >= 0.6 is 11.3 Å². The van der Waals surface area contributed by atoms with Crippen LogP contribution in [0.3, 0.4) is 0 Å². The van der Waals surface area contributed by atoms with Gasteiger partial charge in [-0.05, 0) is 42.7 Å². The molecule has 0 unspecified atom stereocenters. The first-order valence-corrected chi connectivity index (χ1v) is 8.88. The maximum absolute atomic E-state index is 12.1. The largest absolute Gasteiger partial charge is 0.325 e. The average Bonchev–Trinajstić information content (AvgIpc) is 3.06. The Labute approximate surface area is 151 Å². The van der Waals surface area contributed by atoms with Crippen molar-refractivity contribution >= 4 is 28.2 Å². The summed E-state index contributed by atoms with van der Waals surface area (Å²) in [7, 11) is 0. The Morgan fingerprint density at radius 3 is 2.48 bits per heavy atom. The number of aromatic nitrogens is 2. The number of benzene rings is 2. The Hall–Kier alpha value is -2.73. The number of hydrogen-bond acceptors (Lipinski definition) is 4. The van der Waals surface area contributed by atoms with Crippen molar-refractivity contribution in [3.05, 3.63) is 70.2 Å². The van der Waals surface area contributed by atoms with Crippen molar-refractivity contribution in [2.75, 3.05) is 10.6 Å². The molecule has 0 aliphatic carbocycles. The lowest BCUT2D eigenvalue weighted by Gasteiger charge is -2.08. The van der Waals surface area contributed by atoms with Gasteiger partial charge in [-0.25, -0.2) is 4.79 Å². The predicted octanol–water partition coefficient (Wildman–Crippen LogP) is 4.95. The van der Waals surface area contributed by atoms with E-state index in [2.05, 4.69) is 39.9 Å². The van der Waals surface area contributed by atoms with Crippen molar-refractivity contribution in [1.82, 2.24) is 10.2 Å². The maximum atomic E-state index is 12.1. The van der Waals surface area contributed by atoms with E-state index in [0.29, 0.717) is 5.13 Å². The van der Waals surface area contributed by atoms with Crippen LogP contribution in [0, 0.1) is 13.8 Å². The highest BCUT2D eigenvalue weighted by molar-refractivity contribution is 7.15. The summed E-state index contributed by atoms with van der Waals surface area (Å²) in [5.74, 6) is 0.136. The van der Waals surface area contributed by atoms with Gasteiger partial charge in [-0.2, -0.15) is 0 Å². The molecule has 25 heavy (non-hydrogen) atoms. The zero-order chi connectivity index (χ0) is 17.8. The molecule has 2 N–H and O–H groups in total. The number of hydrogen-bond donors (Lipinski definition) is 2. The minimum absolute atomic E-state index is 0.136. The smallest absolute Gasteiger partial charge is 0.308 e. The highest BCUT2D eigenvalue weighted by Gasteiger charge is 2.15. The molecule has 128 valence electrons. The predicted molar refractivity (Wildman–Crippen MR) is 102 cm³/mol. The normalized spacial score (nSPS) is 11.8. The van der Waals surface area contributed by atoms with Crippen molar-refractivity contribution in [3.8, 4) is 0 Å². The summed E-state index contributed by atoms with van der Waals surface area (Å²) in [6.07, 6.45) is 0. The molecular formula is C19H20N4OS. The van der Waals surface area contributed by atoms with E-state index in [4.69, 9.17) is 0 Å². The van der Waals surface area contributed by atoms with Crippen LogP contribution in [0.4, 0.5) is 15.6 Å². The second-order valence-corrected chi connectivity index (χ2v) is 6.97. The third-order valence-electron chi connectivity index (χ3n) is 4.10. The summed E-state index contributed by atoms with van der Waals surface area (Å²) in [6.45, 7) is 6.13. The molecule has 0 radical (unpaired) electrons. The molecule has 6 heteroatoms. The molecule has 2 aromatic carbocycles. The highest BCUT2D eigenvalue weighted by atomic mass is 32.1. The summed E-state index contributed by atoms with van der Waals surface area (Å²) < 4.78 is 0. The molecular weight excluding hydrogens is 332 g/mol. The topological polar surface area (TPSA) is 66.9 Å². The zero-order valence-corrected chi connectivity index (χ0v) is 15.2. The van der Waals surface area contributed by atoms with Gasteiger partial charge in [0.15, 0.2) is 0 Å².